The van der Waals surface area contributed by atoms with Gasteiger partial charge >= 0.3 is 5.97 Å². The molecule has 1 aliphatic heterocycles. The van der Waals surface area contributed by atoms with Crippen molar-refractivity contribution in [2.24, 2.45) is 0 Å². The molecule has 0 spiro atoms. The molecule has 0 aliphatic carbocycles. The van der Waals surface area contributed by atoms with Crippen molar-refractivity contribution in [3.63, 3.8) is 0 Å². The largest absolute Gasteiger partial charge is 0.464 e. The van der Waals surface area contributed by atoms with E-state index >= 15 is 0 Å². The third-order valence-electron chi connectivity index (χ3n) is 3.53. The molecule has 0 atom stereocenters. The number of ketones is 1. The van der Waals surface area contributed by atoms with Gasteiger partial charge in [-0.1, -0.05) is 30.3 Å². The highest BCUT2D eigenvalue weighted by Crippen LogP contribution is 2.38. The Morgan fingerprint density at radius 3 is 2.50 bits per heavy atom. The fourth-order valence-electron chi connectivity index (χ4n) is 2.58. The number of fused-ring (bicyclic) bond motifs is 3. The number of rotatable bonds is 2. The van der Waals surface area contributed by atoms with Crippen molar-refractivity contribution in [1.29, 1.82) is 0 Å². The van der Waals surface area contributed by atoms with Gasteiger partial charge in [0, 0.05) is 11.1 Å². The van der Waals surface area contributed by atoms with Crippen LogP contribution in [0.4, 0.5) is 0 Å². The molecule has 1 aliphatic rings. The van der Waals surface area contributed by atoms with Gasteiger partial charge in [0.25, 0.3) is 5.78 Å². The first-order chi connectivity index (χ1) is 11.4. The quantitative estimate of drug-likeness (QED) is 0.471. The van der Waals surface area contributed by atoms with Crippen LogP contribution in [0.5, 0.6) is 5.75 Å². The second kappa shape index (κ2) is 5.96. The lowest BCUT2D eigenvalue weighted by molar-refractivity contribution is -0.148. The summed E-state index contributed by atoms with van der Waals surface area (Å²) < 4.78 is 10.8. The van der Waals surface area contributed by atoms with Gasteiger partial charge in [0.05, 0.1) is 6.26 Å². The normalized spacial score (nSPS) is 12.5. The summed E-state index contributed by atoms with van der Waals surface area (Å²) in [5, 5.41) is 0. The molecule has 0 N–H and O–H groups in total. The summed E-state index contributed by atoms with van der Waals surface area (Å²) in [6, 6.07) is 12.7. The molecular formula is C20H18O4. The van der Waals surface area contributed by atoms with Gasteiger partial charge in [-0.15, -0.1) is 0 Å². The zero-order chi connectivity index (χ0) is 17.3. The van der Waals surface area contributed by atoms with Crippen molar-refractivity contribution in [3.05, 3.63) is 59.9 Å². The van der Waals surface area contributed by atoms with E-state index in [4.69, 9.17) is 9.47 Å². The minimum absolute atomic E-state index is 0.276. The van der Waals surface area contributed by atoms with Crippen molar-refractivity contribution in [1.82, 2.24) is 0 Å². The van der Waals surface area contributed by atoms with Crippen LogP contribution in [0.1, 0.15) is 36.7 Å². The minimum atomic E-state index is -0.870. The van der Waals surface area contributed by atoms with Crippen molar-refractivity contribution in [2.75, 3.05) is 0 Å². The summed E-state index contributed by atoms with van der Waals surface area (Å²) in [4.78, 5) is 24.9. The maximum absolute atomic E-state index is 12.7. The Kier molecular flexibility index (Phi) is 3.97. The summed E-state index contributed by atoms with van der Waals surface area (Å²) in [6.07, 6.45) is 3.41. The summed E-state index contributed by atoms with van der Waals surface area (Å²) in [6.45, 7) is 5.18. The highest BCUT2D eigenvalue weighted by atomic mass is 16.6. The number of esters is 1. The number of carbonyl (C=O) groups is 2. The molecule has 0 fully saturated rings. The molecule has 4 nitrogen and oxygen atoms in total. The Hall–Kier alpha value is -2.88. The van der Waals surface area contributed by atoms with Crippen LogP contribution in [0.2, 0.25) is 0 Å². The van der Waals surface area contributed by atoms with E-state index in [0.717, 1.165) is 11.1 Å². The van der Waals surface area contributed by atoms with E-state index in [1.54, 1.807) is 45.2 Å². The molecule has 3 rings (SSSR count). The number of hydrogen-bond acceptors (Lipinski definition) is 4. The molecule has 0 aromatic heterocycles. The second-order valence-corrected chi connectivity index (χ2v) is 6.52. The smallest absolute Gasteiger partial charge is 0.380 e. The fourth-order valence-corrected chi connectivity index (χ4v) is 2.58. The van der Waals surface area contributed by atoms with E-state index in [0.29, 0.717) is 11.3 Å². The summed E-state index contributed by atoms with van der Waals surface area (Å²) >= 11 is 0. The highest BCUT2D eigenvalue weighted by molar-refractivity contribution is 6.42. The van der Waals surface area contributed by atoms with E-state index in [1.807, 2.05) is 30.3 Å². The van der Waals surface area contributed by atoms with Gasteiger partial charge in [0.15, 0.2) is 0 Å². The Morgan fingerprint density at radius 2 is 1.75 bits per heavy atom. The zero-order valence-electron chi connectivity index (χ0n) is 13.8. The minimum Gasteiger partial charge on any atom is -0.464 e. The van der Waals surface area contributed by atoms with Gasteiger partial charge < -0.3 is 9.47 Å². The average Bonchev–Trinajstić information content (AvgIpc) is 2.71. The first-order valence-corrected chi connectivity index (χ1v) is 7.70. The van der Waals surface area contributed by atoms with Crippen LogP contribution >= 0.6 is 0 Å². The van der Waals surface area contributed by atoms with Gasteiger partial charge in [-0.2, -0.15) is 0 Å². The second-order valence-electron chi connectivity index (χ2n) is 6.52. The monoisotopic (exact) mass is 322 g/mol. The van der Waals surface area contributed by atoms with Crippen LogP contribution in [0.15, 0.2) is 48.7 Å². The molecule has 0 saturated heterocycles. The van der Waals surface area contributed by atoms with E-state index in [9.17, 15) is 9.59 Å². The molecule has 1 heterocycles. The van der Waals surface area contributed by atoms with Crippen LogP contribution in [0.25, 0.3) is 17.2 Å². The van der Waals surface area contributed by atoms with Crippen LogP contribution in [-0.4, -0.2) is 17.4 Å². The van der Waals surface area contributed by atoms with Crippen molar-refractivity contribution >= 4 is 17.8 Å². The van der Waals surface area contributed by atoms with Crippen molar-refractivity contribution in [3.8, 4) is 16.9 Å². The molecule has 24 heavy (non-hydrogen) atoms. The van der Waals surface area contributed by atoms with Crippen LogP contribution in [0, 0.1) is 0 Å². The number of benzene rings is 2. The maximum atomic E-state index is 12.7. The molecule has 0 unspecified atom stereocenters. The van der Waals surface area contributed by atoms with Gasteiger partial charge in [-0.3, -0.25) is 4.79 Å². The fraction of sp³-hybridized carbons (Fsp3) is 0.200. The lowest BCUT2D eigenvalue weighted by Gasteiger charge is -2.19. The summed E-state index contributed by atoms with van der Waals surface area (Å²) in [7, 11) is 0. The maximum Gasteiger partial charge on any atom is 0.380 e. The molecule has 122 valence electrons. The summed E-state index contributed by atoms with van der Waals surface area (Å²) in [5.74, 6) is -1.02. The Morgan fingerprint density at radius 1 is 1.00 bits per heavy atom. The number of ether oxygens (including phenoxy) is 2. The predicted molar refractivity (Wildman–Crippen MR) is 91.7 cm³/mol. The van der Waals surface area contributed by atoms with Gasteiger partial charge in [-0.25, -0.2) is 4.79 Å². The molecule has 2 aromatic carbocycles. The lowest BCUT2D eigenvalue weighted by Crippen LogP contribution is -2.29. The van der Waals surface area contributed by atoms with Crippen LogP contribution < -0.4 is 4.74 Å². The van der Waals surface area contributed by atoms with Crippen LogP contribution in [0.3, 0.4) is 0 Å². The first-order valence-electron chi connectivity index (χ1n) is 7.70. The van der Waals surface area contributed by atoms with Gasteiger partial charge in [0.2, 0.25) is 0 Å². The van der Waals surface area contributed by atoms with Crippen molar-refractivity contribution < 1.29 is 19.1 Å². The predicted octanol–water partition coefficient (Wildman–Crippen LogP) is 4.24. The van der Waals surface area contributed by atoms with E-state index in [1.165, 1.54) is 0 Å². The van der Waals surface area contributed by atoms with E-state index in [2.05, 4.69) is 0 Å². The number of Topliss-reactive ketones (excluding diaryl/α,β-unsaturated/α-hetero) is 1. The summed E-state index contributed by atoms with van der Waals surface area (Å²) in [5.41, 5.74) is 1.91. The molecule has 0 radical (unpaired) electrons. The molecule has 2 aromatic rings. The Balaban J connectivity index is 2.12. The van der Waals surface area contributed by atoms with E-state index < -0.39 is 17.4 Å². The standard InChI is InChI=1S/C20H18O4/c1-20(2,3)24-19(22)18(21)15-9-6-10-16-17(15)14-8-5-4-7-13(14)11-12-23-16/h4-12H,1-3H3. The van der Waals surface area contributed by atoms with Gasteiger partial charge in [-0.05, 0) is 50.1 Å². The third-order valence-corrected chi connectivity index (χ3v) is 3.53. The first kappa shape index (κ1) is 16.0. The van der Waals surface area contributed by atoms with Crippen LogP contribution in [-0.2, 0) is 9.53 Å². The topological polar surface area (TPSA) is 52.6 Å². The molecule has 0 bridgehead atoms. The van der Waals surface area contributed by atoms with E-state index in [-0.39, 0.29) is 5.56 Å². The molecule has 0 saturated carbocycles. The third kappa shape index (κ3) is 3.08. The average molecular weight is 322 g/mol. The SMILES string of the molecule is CC(C)(C)OC(=O)C(=O)c1cccc2c1-c1ccccc1C=CO2. The Labute approximate surface area is 140 Å². The molecular weight excluding hydrogens is 304 g/mol. The zero-order valence-corrected chi connectivity index (χ0v) is 13.8. The van der Waals surface area contributed by atoms with Gasteiger partial charge in [0.1, 0.15) is 11.4 Å². The Bertz CT molecular complexity index is 841. The molecule has 0 amide bonds. The lowest BCUT2D eigenvalue weighted by atomic mass is 9.93. The van der Waals surface area contributed by atoms with Crippen molar-refractivity contribution in [2.45, 2.75) is 26.4 Å². The highest BCUT2D eigenvalue weighted by Gasteiger charge is 2.28. The number of carbonyl (C=O) groups excluding carboxylic acids is 2. The number of hydrogen-bond donors (Lipinski definition) is 0. The molecule has 4 heteroatoms.